The molecule has 0 unspecified atom stereocenters. The van der Waals surface area contributed by atoms with Crippen LogP contribution in [0, 0.1) is 0 Å². The van der Waals surface area contributed by atoms with Crippen LogP contribution in [-0.2, 0) is 4.79 Å². The van der Waals surface area contributed by atoms with E-state index >= 15 is 0 Å². The number of piperidine rings is 1. The summed E-state index contributed by atoms with van der Waals surface area (Å²) in [6.07, 6.45) is 2.16. The van der Waals surface area contributed by atoms with E-state index < -0.39 is 0 Å². The lowest BCUT2D eigenvalue weighted by Crippen LogP contribution is -2.46. The number of hydrogen-bond acceptors (Lipinski definition) is 3. The predicted octanol–water partition coefficient (Wildman–Crippen LogP) is 2.06. The van der Waals surface area contributed by atoms with Gasteiger partial charge in [0.2, 0.25) is 0 Å². The number of carbonyl (C=O) groups excluding carboxylic acids is 1. The molecule has 1 aliphatic rings. The summed E-state index contributed by atoms with van der Waals surface area (Å²) in [6, 6.07) is 8.17. The first kappa shape index (κ1) is 14.9. The summed E-state index contributed by atoms with van der Waals surface area (Å²) < 4.78 is 5.51. The summed E-state index contributed by atoms with van der Waals surface area (Å²) in [7, 11) is 0. The minimum atomic E-state index is -0.0494. The molecule has 0 aliphatic carbocycles. The second-order valence-electron chi connectivity index (χ2n) is 5.62. The Morgan fingerprint density at radius 3 is 2.75 bits per heavy atom. The summed E-state index contributed by atoms with van der Waals surface area (Å²) in [5.74, 6) is 1.20. The molecule has 1 saturated heterocycles. The Labute approximate surface area is 120 Å². The molecule has 1 amide bonds. The van der Waals surface area contributed by atoms with Gasteiger partial charge in [0.1, 0.15) is 5.75 Å². The minimum Gasteiger partial charge on any atom is -0.484 e. The standard InChI is InChI=1S/C16H24N2O2/c1-12(2)13-5-7-15(8-6-13)20-11-16(19)18-14-4-3-9-17-10-14/h5-8,12,14,17H,3-4,9-11H2,1-2H3,(H,18,19)/t14-/m0/s1. The van der Waals surface area contributed by atoms with E-state index in [1.165, 1.54) is 5.56 Å². The van der Waals surface area contributed by atoms with Gasteiger partial charge in [-0.3, -0.25) is 4.79 Å². The van der Waals surface area contributed by atoms with E-state index in [1.807, 2.05) is 24.3 Å². The van der Waals surface area contributed by atoms with Crippen molar-refractivity contribution in [2.45, 2.75) is 38.6 Å². The van der Waals surface area contributed by atoms with E-state index in [-0.39, 0.29) is 18.6 Å². The van der Waals surface area contributed by atoms with Gasteiger partial charge in [0, 0.05) is 12.6 Å². The molecular formula is C16H24N2O2. The van der Waals surface area contributed by atoms with Gasteiger partial charge in [0.25, 0.3) is 5.91 Å². The molecule has 110 valence electrons. The number of nitrogens with one attached hydrogen (secondary N) is 2. The van der Waals surface area contributed by atoms with Crippen molar-refractivity contribution in [2.75, 3.05) is 19.7 Å². The smallest absolute Gasteiger partial charge is 0.258 e. The highest BCUT2D eigenvalue weighted by Gasteiger charge is 2.15. The fraction of sp³-hybridized carbons (Fsp3) is 0.562. The van der Waals surface area contributed by atoms with Crippen molar-refractivity contribution < 1.29 is 9.53 Å². The molecule has 4 heteroatoms. The molecule has 2 rings (SSSR count). The fourth-order valence-electron chi connectivity index (χ4n) is 2.34. The van der Waals surface area contributed by atoms with Gasteiger partial charge in [-0.05, 0) is 43.0 Å². The molecule has 0 saturated carbocycles. The molecule has 0 aromatic heterocycles. The zero-order valence-corrected chi connectivity index (χ0v) is 12.3. The first-order valence-electron chi connectivity index (χ1n) is 7.38. The maximum Gasteiger partial charge on any atom is 0.258 e. The van der Waals surface area contributed by atoms with Crippen LogP contribution in [0.4, 0.5) is 0 Å². The second-order valence-corrected chi connectivity index (χ2v) is 5.62. The van der Waals surface area contributed by atoms with Crippen molar-refractivity contribution in [1.29, 1.82) is 0 Å². The van der Waals surface area contributed by atoms with Crippen molar-refractivity contribution in [3.05, 3.63) is 29.8 Å². The Morgan fingerprint density at radius 2 is 2.15 bits per heavy atom. The van der Waals surface area contributed by atoms with Crippen LogP contribution in [0.15, 0.2) is 24.3 Å². The molecule has 0 spiro atoms. The first-order valence-corrected chi connectivity index (χ1v) is 7.38. The third-order valence-electron chi connectivity index (χ3n) is 3.58. The van der Waals surface area contributed by atoms with Gasteiger partial charge in [-0.15, -0.1) is 0 Å². The highest BCUT2D eigenvalue weighted by molar-refractivity contribution is 5.77. The van der Waals surface area contributed by atoms with Crippen LogP contribution >= 0.6 is 0 Å². The number of ether oxygens (including phenoxy) is 1. The van der Waals surface area contributed by atoms with Gasteiger partial charge >= 0.3 is 0 Å². The Hall–Kier alpha value is -1.55. The molecule has 1 atom stereocenters. The average Bonchev–Trinajstić information content (AvgIpc) is 2.46. The molecule has 0 radical (unpaired) electrons. The molecule has 1 aliphatic heterocycles. The molecule has 20 heavy (non-hydrogen) atoms. The summed E-state index contributed by atoms with van der Waals surface area (Å²) in [5.41, 5.74) is 1.27. The van der Waals surface area contributed by atoms with Crippen LogP contribution in [0.5, 0.6) is 5.75 Å². The fourth-order valence-corrected chi connectivity index (χ4v) is 2.34. The van der Waals surface area contributed by atoms with Crippen molar-refractivity contribution >= 4 is 5.91 Å². The lowest BCUT2D eigenvalue weighted by molar-refractivity contribution is -0.123. The Kier molecular flexibility index (Phi) is 5.41. The molecule has 1 heterocycles. The summed E-state index contributed by atoms with van der Waals surface area (Å²) in [4.78, 5) is 11.8. The summed E-state index contributed by atoms with van der Waals surface area (Å²) >= 11 is 0. The zero-order valence-electron chi connectivity index (χ0n) is 12.3. The van der Waals surface area contributed by atoms with Crippen LogP contribution in [-0.4, -0.2) is 31.6 Å². The van der Waals surface area contributed by atoms with Crippen LogP contribution in [0.3, 0.4) is 0 Å². The summed E-state index contributed by atoms with van der Waals surface area (Å²) in [6.45, 7) is 6.29. The molecule has 0 bridgehead atoms. The summed E-state index contributed by atoms with van der Waals surface area (Å²) in [5, 5.41) is 6.27. The predicted molar refractivity (Wildman–Crippen MR) is 80.1 cm³/mol. The molecule has 4 nitrogen and oxygen atoms in total. The van der Waals surface area contributed by atoms with Gasteiger partial charge in [-0.1, -0.05) is 26.0 Å². The van der Waals surface area contributed by atoms with E-state index in [0.29, 0.717) is 5.92 Å². The molecule has 2 N–H and O–H groups in total. The van der Waals surface area contributed by atoms with E-state index in [1.54, 1.807) is 0 Å². The second kappa shape index (κ2) is 7.29. The largest absolute Gasteiger partial charge is 0.484 e. The maximum absolute atomic E-state index is 11.8. The maximum atomic E-state index is 11.8. The lowest BCUT2D eigenvalue weighted by atomic mass is 10.0. The number of amides is 1. The molecule has 1 aromatic carbocycles. The number of rotatable bonds is 5. The van der Waals surface area contributed by atoms with Crippen molar-refractivity contribution in [2.24, 2.45) is 0 Å². The Balaban J connectivity index is 1.74. The van der Waals surface area contributed by atoms with Gasteiger partial charge < -0.3 is 15.4 Å². The highest BCUT2D eigenvalue weighted by atomic mass is 16.5. The van der Waals surface area contributed by atoms with Crippen molar-refractivity contribution in [1.82, 2.24) is 10.6 Å². The molecule has 1 fully saturated rings. The SMILES string of the molecule is CC(C)c1ccc(OCC(=O)N[C@H]2CCCNC2)cc1. The van der Waals surface area contributed by atoms with Crippen LogP contribution in [0.2, 0.25) is 0 Å². The third-order valence-corrected chi connectivity index (χ3v) is 3.58. The van der Waals surface area contributed by atoms with Crippen molar-refractivity contribution in [3.8, 4) is 5.75 Å². The van der Waals surface area contributed by atoms with E-state index in [2.05, 4.69) is 24.5 Å². The Bertz CT molecular complexity index is 423. The number of hydrogen-bond donors (Lipinski definition) is 2. The Morgan fingerprint density at radius 1 is 1.40 bits per heavy atom. The van der Waals surface area contributed by atoms with Crippen LogP contribution in [0.25, 0.3) is 0 Å². The molecule has 1 aromatic rings. The van der Waals surface area contributed by atoms with Gasteiger partial charge in [0.05, 0.1) is 0 Å². The van der Waals surface area contributed by atoms with Crippen LogP contribution < -0.4 is 15.4 Å². The monoisotopic (exact) mass is 276 g/mol. The quantitative estimate of drug-likeness (QED) is 0.865. The normalized spacial score (nSPS) is 18.9. The van der Waals surface area contributed by atoms with E-state index in [0.717, 1.165) is 31.7 Å². The van der Waals surface area contributed by atoms with Gasteiger partial charge in [-0.2, -0.15) is 0 Å². The van der Waals surface area contributed by atoms with Gasteiger partial charge in [-0.25, -0.2) is 0 Å². The average molecular weight is 276 g/mol. The zero-order chi connectivity index (χ0) is 14.4. The molecular weight excluding hydrogens is 252 g/mol. The van der Waals surface area contributed by atoms with Crippen LogP contribution in [0.1, 0.15) is 38.2 Å². The first-order chi connectivity index (χ1) is 9.65. The van der Waals surface area contributed by atoms with Gasteiger partial charge in [0.15, 0.2) is 6.61 Å². The lowest BCUT2D eigenvalue weighted by Gasteiger charge is -2.23. The third kappa shape index (κ3) is 4.53. The van der Waals surface area contributed by atoms with E-state index in [9.17, 15) is 4.79 Å². The topological polar surface area (TPSA) is 50.4 Å². The number of benzene rings is 1. The highest BCUT2D eigenvalue weighted by Crippen LogP contribution is 2.18. The minimum absolute atomic E-state index is 0.0494. The van der Waals surface area contributed by atoms with E-state index in [4.69, 9.17) is 4.74 Å². The number of carbonyl (C=O) groups is 1. The van der Waals surface area contributed by atoms with Crippen molar-refractivity contribution in [3.63, 3.8) is 0 Å².